The maximum Gasteiger partial charge on any atom is 0.0705 e. The second-order valence-electron chi connectivity index (χ2n) is 2.32. The fourth-order valence-corrected chi connectivity index (χ4v) is 1.10. The van der Waals surface area contributed by atoms with Crippen LogP contribution in [0.1, 0.15) is 6.92 Å². The average Bonchev–Trinajstić information content (AvgIpc) is 2.22. The summed E-state index contributed by atoms with van der Waals surface area (Å²) in [6.07, 6.45) is 8.10. The van der Waals surface area contributed by atoms with Gasteiger partial charge in [0.1, 0.15) is 0 Å². The average molecular weight is 208 g/mol. The molecular weight excluding hydrogens is 201 g/mol. The molecule has 10 heavy (non-hydrogen) atoms. The minimum absolute atomic E-state index is 0. The van der Waals surface area contributed by atoms with Crippen LogP contribution in [0.4, 0.5) is 0 Å². The molecule has 1 aliphatic carbocycles. The van der Waals surface area contributed by atoms with Gasteiger partial charge in [-0.05, 0) is 30.7 Å². The standard InChI is InChI=1S/C8H7N.Zr/c1-6-4-7-2-3-9-8(7)5-6;/h2-5H,1H3;. The zero-order valence-electron chi connectivity index (χ0n) is 5.76. The van der Waals surface area contributed by atoms with Crippen molar-refractivity contribution in [3.63, 3.8) is 0 Å². The molecule has 0 amide bonds. The van der Waals surface area contributed by atoms with Crippen LogP contribution in [0.3, 0.4) is 0 Å². The first-order chi connectivity index (χ1) is 4.36. The van der Waals surface area contributed by atoms with E-state index < -0.39 is 0 Å². The van der Waals surface area contributed by atoms with Crippen LogP contribution in [-0.4, -0.2) is 6.21 Å². The Kier molecular flexibility index (Phi) is 2.20. The molecule has 0 radical (unpaired) electrons. The van der Waals surface area contributed by atoms with Gasteiger partial charge in [-0.25, -0.2) is 0 Å². The smallest absolute Gasteiger partial charge is 0.0705 e. The fraction of sp³-hybridized carbons (Fsp3) is 0.125. The fourth-order valence-electron chi connectivity index (χ4n) is 1.10. The van der Waals surface area contributed by atoms with Crippen molar-refractivity contribution in [1.82, 2.24) is 0 Å². The Morgan fingerprint density at radius 1 is 1.30 bits per heavy atom. The molecular formula is C8H7NZr. The summed E-state index contributed by atoms with van der Waals surface area (Å²) >= 11 is 0. The number of nitrogens with zero attached hydrogens (tertiary/aromatic N) is 1. The Morgan fingerprint density at radius 3 is 2.80 bits per heavy atom. The van der Waals surface area contributed by atoms with Crippen molar-refractivity contribution in [2.75, 3.05) is 0 Å². The largest absolute Gasteiger partial charge is 0.256 e. The van der Waals surface area contributed by atoms with E-state index in [-0.39, 0.29) is 26.2 Å². The number of aliphatic imine (C=N–C) groups is 1. The summed E-state index contributed by atoms with van der Waals surface area (Å²) in [6, 6.07) is 0. The molecule has 2 aliphatic rings. The number of hydrogen-bond acceptors (Lipinski definition) is 1. The van der Waals surface area contributed by atoms with Crippen LogP contribution in [0.2, 0.25) is 0 Å². The third-order valence-electron chi connectivity index (χ3n) is 1.51. The Hall–Kier alpha value is -0.227. The molecule has 0 fully saturated rings. The van der Waals surface area contributed by atoms with Crippen LogP contribution < -0.4 is 0 Å². The predicted octanol–water partition coefficient (Wildman–Crippen LogP) is 1.84. The Morgan fingerprint density at radius 2 is 2.10 bits per heavy atom. The van der Waals surface area contributed by atoms with E-state index in [0.717, 1.165) is 5.70 Å². The monoisotopic (exact) mass is 207 g/mol. The third kappa shape index (κ3) is 1.13. The van der Waals surface area contributed by atoms with Crippen LogP contribution in [0.5, 0.6) is 0 Å². The second-order valence-corrected chi connectivity index (χ2v) is 2.32. The minimum Gasteiger partial charge on any atom is -0.256 e. The van der Waals surface area contributed by atoms with Gasteiger partial charge in [0.15, 0.2) is 0 Å². The van der Waals surface area contributed by atoms with Crippen molar-refractivity contribution in [1.29, 1.82) is 0 Å². The molecule has 2 rings (SSSR count). The molecule has 0 spiro atoms. The number of hydrogen-bond donors (Lipinski definition) is 0. The summed E-state index contributed by atoms with van der Waals surface area (Å²) in [5.74, 6) is 0. The van der Waals surface area contributed by atoms with Gasteiger partial charge in [-0.15, -0.1) is 0 Å². The van der Waals surface area contributed by atoms with Crippen LogP contribution in [0.15, 0.2) is 40.1 Å². The Bertz CT molecular complexity index is 269. The van der Waals surface area contributed by atoms with Gasteiger partial charge in [0.05, 0.1) is 5.70 Å². The summed E-state index contributed by atoms with van der Waals surface area (Å²) < 4.78 is 0. The molecule has 1 nitrogen and oxygen atoms in total. The van der Waals surface area contributed by atoms with E-state index in [0.29, 0.717) is 0 Å². The van der Waals surface area contributed by atoms with Gasteiger partial charge in [0.25, 0.3) is 0 Å². The summed E-state index contributed by atoms with van der Waals surface area (Å²) in [5.41, 5.74) is 3.67. The van der Waals surface area contributed by atoms with Gasteiger partial charge in [-0.2, -0.15) is 0 Å². The number of rotatable bonds is 0. The van der Waals surface area contributed by atoms with Crippen molar-refractivity contribution in [2.24, 2.45) is 4.99 Å². The predicted molar refractivity (Wildman–Crippen MR) is 38.4 cm³/mol. The quantitative estimate of drug-likeness (QED) is 0.576. The van der Waals surface area contributed by atoms with Crippen LogP contribution in [-0.2, 0) is 26.2 Å². The van der Waals surface area contributed by atoms with Gasteiger partial charge in [-0.3, -0.25) is 4.99 Å². The summed E-state index contributed by atoms with van der Waals surface area (Å²) in [5, 5.41) is 0. The molecule has 0 N–H and O–H groups in total. The molecule has 0 aromatic carbocycles. The zero-order chi connectivity index (χ0) is 6.27. The van der Waals surface area contributed by atoms with Gasteiger partial charge >= 0.3 is 0 Å². The Balaban J connectivity index is 0.000000500. The van der Waals surface area contributed by atoms with E-state index in [1.165, 1.54) is 11.1 Å². The summed E-state index contributed by atoms with van der Waals surface area (Å²) in [6.45, 7) is 2.08. The van der Waals surface area contributed by atoms with E-state index in [1.54, 1.807) is 0 Å². The summed E-state index contributed by atoms with van der Waals surface area (Å²) in [4.78, 5) is 4.14. The second kappa shape index (κ2) is 2.79. The van der Waals surface area contributed by atoms with E-state index >= 15 is 0 Å². The maximum absolute atomic E-state index is 4.14. The molecule has 0 unspecified atom stereocenters. The first-order valence-corrected chi connectivity index (χ1v) is 3.01. The molecule has 0 atom stereocenters. The SMILES string of the molecule is CC1=CC2=CC=NC2=C1.[Zr]. The van der Waals surface area contributed by atoms with Gasteiger partial charge < -0.3 is 0 Å². The molecule has 0 aromatic rings. The molecule has 1 aliphatic heterocycles. The molecule has 0 bridgehead atoms. The van der Waals surface area contributed by atoms with Gasteiger partial charge in [0, 0.05) is 38.0 Å². The van der Waals surface area contributed by atoms with Crippen LogP contribution in [0.25, 0.3) is 0 Å². The third-order valence-corrected chi connectivity index (χ3v) is 1.51. The molecule has 48 valence electrons. The normalized spacial score (nSPS) is 19.1. The zero-order valence-corrected chi connectivity index (χ0v) is 8.21. The summed E-state index contributed by atoms with van der Waals surface area (Å²) in [7, 11) is 0. The van der Waals surface area contributed by atoms with E-state index in [4.69, 9.17) is 0 Å². The Labute approximate surface area is 79.4 Å². The van der Waals surface area contributed by atoms with Crippen molar-refractivity contribution in [3.05, 3.63) is 35.1 Å². The molecule has 2 heteroatoms. The van der Waals surface area contributed by atoms with Crippen molar-refractivity contribution in [3.8, 4) is 0 Å². The first-order valence-electron chi connectivity index (χ1n) is 3.01. The van der Waals surface area contributed by atoms with Crippen LogP contribution in [0, 0.1) is 0 Å². The van der Waals surface area contributed by atoms with Gasteiger partial charge in [-0.1, -0.05) is 0 Å². The van der Waals surface area contributed by atoms with E-state index in [9.17, 15) is 0 Å². The van der Waals surface area contributed by atoms with Gasteiger partial charge in [0.2, 0.25) is 0 Å². The molecule has 1 heterocycles. The van der Waals surface area contributed by atoms with Crippen LogP contribution >= 0.6 is 0 Å². The molecule has 0 saturated heterocycles. The first kappa shape index (κ1) is 7.88. The maximum atomic E-state index is 4.14. The topological polar surface area (TPSA) is 12.4 Å². The van der Waals surface area contributed by atoms with Crippen molar-refractivity contribution in [2.45, 2.75) is 6.92 Å². The number of allylic oxidation sites excluding steroid dienone is 4. The molecule has 0 saturated carbocycles. The van der Waals surface area contributed by atoms with E-state index in [1.807, 2.05) is 12.3 Å². The molecule has 0 aromatic heterocycles. The minimum atomic E-state index is 0. The number of fused-ring (bicyclic) bond motifs is 1. The van der Waals surface area contributed by atoms with E-state index in [2.05, 4.69) is 24.1 Å². The van der Waals surface area contributed by atoms with Crippen molar-refractivity contribution >= 4 is 6.21 Å². The van der Waals surface area contributed by atoms with Crippen molar-refractivity contribution < 1.29 is 26.2 Å².